The average molecular weight is 196 g/mol. The molecule has 11 heavy (non-hydrogen) atoms. The summed E-state index contributed by atoms with van der Waals surface area (Å²) >= 11 is 0. The molecule has 0 aliphatic carbocycles. The molecule has 0 atom stereocenters. The molecule has 0 amide bonds. The number of hydrogen-bond acceptors (Lipinski definition) is 4. The summed E-state index contributed by atoms with van der Waals surface area (Å²) in [6.07, 6.45) is 0. The van der Waals surface area contributed by atoms with Crippen LogP contribution in [0.4, 0.5) is 0 Å². The molecule has 0 bridgehead atoms. The van der Waals surface area contributed by atoms with Crippen LogP contribution in [-0.4, -0.2) is 39.8 Å². The van der Waals surface area contributed by atoms with Crippen LogP contribution in [-0.2, 0) is 19.7 Å². The normalized spacial score (nSPS) is 35.6. The molecule has 0 aromatic rings. The van der Waals surface area contributed by atoms with Crippen molar-refractivity contribution in [1.82, 2.24) is 0 Å². The lowest BCUT2D eigenvalue weighted by Gasteiger charge is -2.46. The number of rotatable bonds is 0. The second-order valence-corrected chi connectivity index (χ2v) is 7.69. The second kappa shape index (κ2) is 1.64. The molecule has 2 aliphatic rings. The van der Waals surface area contributed by atoms with Crippen LogP contribution < -0.4 is 0 Å². The lowest BCUT2D eigenvalue weighted by atomic mass is 9.97. The van der Waals surface area contributed by atoms with E-state index in [0.717, 1.165) is 0 Å². The van der Waals surface area contributed by atoms with E-state index in [2.05, 4.69) is 0 Å². The van der Waals surface area contributed by atoms with E-state index in [0.29, 0.717) is 0 Å². The highest BCUT2D eigenvalue weighted by Crippen LogP contribution is 2.43. The Hall–Kier alpha value is -0.100. The first-order chi connectivity index (χ1) is 4.83. The van der Waals surface area contributed by atoms with Crippen molar-refractivity contribution in [2.45, 2.75) is 0 Å². The molecule has 1 spiro atoms. The molecule has 0 radical (unpaired) electrons. The smallest absolute Gasteiger partial charge is 0.151 e. The fourth-order valence-electron chi connectivity index (χ4n) is 1.95. The summed E-state index contributed by atoms with van der Waals surface area (Å²) in [4.78, 5) is 0. The van der Waals surface area contributed by atoms with Gasteiger partial charge in [0, 0.05) is 5.41 Å². The summed E-state index contributed by atoms with van der Waals surface area (Å²) in [7, 11) is -5.73. The largest absolute Gasteiger partial charge is 0.229 e. The molecule has 0 N–H and O–H groups in total. The Balaban J connectivity index is 2.15. The molecule has 2 heterocycles. The highest BCUT2D eigenvalue weighted by Gasteiger charge is 2.59. The van der Waals surface area contributed by atoms with E-state index < -0.39 is 19.7 Å². The Morgan fingerprint density at radius 1 is 0.727 bits per heavy atom. The predicted octanol–water partition coefficient (Wildman–Crippen LogP) is -1.17. The third-order valence-corrected chi connectivity index (χ3v) is 6.31. The zero-order chi connectivity index (χ0) is 8.33. The number of hydrogen-bond donors (Lipinski definition) is 0. The van der Waals surface area contributed by atoms with E-state index in [9.17, 15) is 16.8 Å². The Labute approximate surface area is 65.4 Å². The maximum Gasteiger partial charge on any atom is 0.151 e. The minimum atomic E-state index is -2.86. The van der Waals surface area contributed by atoms with Gasteiger partial charge in [-0.25, -0.2) is 16.8 Å². The van der Waals surface area contributed by atoms with Crippen LogP contribution in [0.25, 0.3) is 0 Å². The fourth-order valence-corrected chi connectivity index (χ4v) is 6.84. The molecule has 2 saturated heterocycles. The van der Waals surface area contributed by atoms with Crippen LogP contribution in [0.1, 0.15) is 0 Å². The minimum absolute atomic E-state index is 0.0826. The third-order valence-electron chi connectivity index (χ3n) is 2.10. The van der Waals surface area contributed by atoms with Crippen molar-refractivity contribution in [3.05, 3.63) is 0 Å². The molecule has 2 rings (SSSR count). The van der Waals surface area contributed by atoms with Crippen molar-refractivity contribution in [2.75, 3.05) is 23.0 Å². The van der Waals surface area contributed by atoms with E-state index >= 15 is 0 Å². The Bertz CT molecular complexity index is 321. The van der Waals surface area contributed by atoms with Gasteiger partial charge in [-0.2, -0.15) is 0 Å². The van der Waals surface area contributed by atoms with E-state index in [1.165, 1.54) is 0 Å². The lowest BCUT2D eigenvalue weighted by molar-refractivity contribution is 0.374. The molecule has 0 unspecified atom stereocenters. The maximum absolute atomic E-state index is 10.7. The topological polar surface area (TPSA) is 68.3 Å². The summed E-state index contributed by atoms with van der Waals surface area (Å²) in [5.41, 5.74) is -0.363. The molecule has 64 valence electrons. The Morgan fingerprint density at radius 2 is 1.00 bits per heavy atom. The molecule has 2 aliphatic heterocycles. The molecular weight excluding hydrogens is 188 g/mol. The van der Waals surface area contributed by atoms with Gasteiger partial charge in [-0.3, -0.25) is 0 Å². The van der Waals surface area contributed by atoms with Crippen molar-refractivity contribution < 1.29 is 16.8 Å². The van der Waals surface area contributed by atoms with Crippen LogP contribution in [0.2, 0.25) is 0 Å². The SMILES string of the molecule is O=S1(=O)CC2(C1)CS(=O)(=O)C2. The Kier molecular flexibility index (Phi) is 1.12. The Morgan fingerprint density at radius 3 is 1.18 bits per heavy atom. The minimum Gasteiger partial charge on any atom is -0.229 e. The molecule has 6 heteroatoms. The molecule has 0 aromatic carbocycles. The monoisotopic (exact) mass is 196 g/mol. The summed E-state index contributed by atoms with van der Waals surface area (Å²) < 4.78 is 42.8. The first-order valence-corrected chi connectivity index (χ1v) is 6.88. The van der Waals surface area contributed by atoms with Gasteiger partial charge in [0.2, 0.25) is 0 Å². The molecule has 0 saturated carbocycles. The standard InChI is InChI=1S/C5H8O4S2/c6-10(7)1-5(2-10)3-11(8,9)4-5/h1-4H2. The van der Waals surface area contributed by atoms with E-state index in [4.69, 9.17) is 0 Å². The second-order valence-electron chi connectivity index (χ2n) is 3.56. The van der Waals surface area contributed by atoms with E-state index in [-0.39, 0.29) is 28.4 Å². The van der Waals surface area contributed by atoms with Gasteiger partial charge in [0.25, 0.3) is 0 Å². The summed E-state index contributed by atoms with van der Waals surface area (Å²) in [5, 5.41) is 0. The molecule has 4 nitrogen and oxygen atoms in total. The van der Waals surface area contributed by atoms with Gasteiger partial charge in [-0.1, -0.05) is 0 Å². The molecular formula is C5H8O4S2. The van der Waals surface area contributed by atoms with Gasteiger partial charge >= 0.3 is 0 Å². The van der Waals surface area contributed by atoms with Crippen molar-refractivity contribution in [3.8, 4) is 0 Å². The van der Waals surface area contributed by atoms with Crippen LogP contribution >= 0.6 is 0 Å². The molecule has 0 aromatic heterocycles. The first-order valence-electron chi connectivity index (χ1n) is 3.24. The lowest BCUT2D eigenvalue weighted by Crippen LogP contribution is -2.63. The van der Waals surface area contributed by atoms with Gasteiger partial charge in [0.1, 0.15) is 0 Å². The van der Waals surface area contributed by atoms with Gasteiger partial charge in [0.15, 0.2) is 19.7 Å². The predicted molar refractivity (Wildman–Crippen MR) is 39.7 cm³/mol. The first kappa shape index (κ1) is 7.54. The third kappa shape index (κ3) is 1.08. The van der Waals surface area contributed by atoms with Crippen LogP contribution in [0.3, 0.4) is 0 Å². The van der Waals surface area contributed by atoms with Crippen molar-refractivity contribution in [3.63, 3.8) is 0 Å². The summed E-state index contributed by atoms with van der Waals surface area (Å²) in [5.74, 6) is 0.330. The highest BCUT2D eigenvalue weighted by molar-refractivity contribution is 7.95. The van der Waals surface area contributed by atoms with Gasteiger partial charge in [0.05, 0.1) is 23.0 Å². The maximum atomic E-state index is 10.7. The van der Waals surface area contributed by atoms with Gasteiger partial charge in [-0.05, 0) is 0 Å². The summed E-state index contributed by atoms with van der Waals surface area (Å²) in [6.45, 7) is 0. The van der Waals surface area contributed by atoms with Gasteiger partial charge in [-0.15, -0.1) is 0 Å². The zero-order valence-corrected chi connectivity index (χ0v) is 7.41. The zero-order valence-electron chi connectivity index (χ0n) is 5.78. The van der Waals surface area contributed by atoms with Gasteiger partial charge < -0.3 is 0 Å². The fraction of sp³-hybridized carbons (Fsp3) is 1.00. The summed E-state index contributed by atoms with van der Waals surface area (Å²) in [6, 6.07) is 0. The van der Waals surface area contributed by atoms with Crippen molar-refractivity contribution in [1.29, 1.82) is 0 Å². The van der Waals surface area contributed by atoms with Crippen molar-refractivity contribution >= 4 is 19.7 Å². The van der Waals surface area contributed by atoms with Crippen LogP contribution in [0.5, 0.6) is 0 Å². The highest BCUT2D eigenvalue weighted by atomic mass is 32.2. The van der Waals surface area contributed by atoms with Crippen molar-refractivity contribution in [2.24, 2.45) is 5.41 Å². The van der Waals surface area contributed by atoms with Crippen LogP contribution in [0.15, 0.2) is 0 Å². The van der Waals surface area contributed by atoms with E-state index in [1.807, 2.05) is 0 Å². The molecule has 2 fully saturated rings. The average Bonchev–Trinajstić information content (AvgIpc) is 1.52. The number of sulfone groups is 2. The quantitative estimate of drug-likeness (QED) is 0.489. The van der Waals surface area contributed by atoms with Crippen LogP contribution in [0, 0.1) is 5.41 Å². The van der Waals surface area contributed by atoms with E-state index in [1.54, 1.807) is 0 Å².